The highest BCUT2D eigenvalue weighted by Gasteiger charge is 2.04. The summed E-state index contributed by atoms with van der Waals surface area (Å²) in [6.45, 7) is 0.502. The number of rotatable bonds is 5. The molecule has 15 heavy (non-hydrogen) atoms. The van der Waals surface area contributed by atoms with Crippen LogP contribution in [-0.2, 0) is 20.4 Å². The Hall–Kier alpha value is -0.100. The van der Waals surface area contributed by atoms with E-state index in [1.165, 1.54) is 0 Å². The fourth-order valence-electron chi connectivity index (χ4n) is 0.929. The Morgan fingerprint density at radius 1 is 1.27 bits per heavy atom. The van der Waals surface area contributed by atoms with Crippen LogP contribution < -0.4 is 0 Å². The largest absolute Gasteiger partial charge is 0.376 e. The Bertz CT molecular complexity index is 402. The van der Waals surface area contributed by atoms with Crippen LogP contribution in [0.1, 0.15) is 5.56 Å². The van der Waals surface area contributed by atoms with E-state index < -0.39 is 9.05 Å². The summed E-state index contributed by atoms with van der Waals surface area (Å²) >= 11 is 3.32. The lowest BCUT2D eigenvalue weighted by Gasteiger charge is -2.02. The maximum absolute atomic E-state index is 10.6. The Morgan fingerprint density at radius 3 is 2.40 bits per heavy atom. The van der Waals surface area contributed by atoms with Gasteiger partial charge in [0.15, 0.2) is 0 Å². The van der Waals surface area contributed by atoms with Crippen molar-refractivity contribution in [2.75, 3.05) is 12.4 Å². The maximum atomic E-state index is 10.6. The minimum Gasteiger partial charge on any atom is -0.376 e. The van der Waals surface area contributed by atoms with Gasteiger partial charge in [0, 0.05) is 15.2 Å². The lowest BCUT2D eigenvalue weighted by Crippen LogP contribution is -2.06. The van der Waals surface area contributed by atoms with E-state index in [1.54, 1.807) is 0 Å². The molecule has 0 N–H and O–H groups in total. The molecule has 0 radical (unpaired) electrons. The van der Waals surface area contributed by atoms with Crippen molar-refractivity contribution in [3.8, 4) is 0 Å². The smallest absolute Gasteiger partial charge is 0.234 e. The van der Waals surface area contributed by atoms with Crippen LogP contribution in [0.3, 0.4) is 0 Å². The predicted octanol–water partition coefficient (Wildman–Crippen LogP) is 2.53. The zero-order valence-corrected chi connectivity index (χ0v) is 11.0. The molecule has 0 saturated heterocycles. The third kappa shape index (κ3) is 6.14. The van der Waals surface area contributed by atoms with Crippen LogP contribution in [0.15, 0.2) is 28.7 Å². The van der Waals surface area contributed by atoms with Gasteiger partial charge in [-0.1, -0.05) is 28.1 Å². The highest BCUT2D eigenvalue weighted by molar-refractivity contribution is 9.10. The minimum atomic E-state index is -3.45. The Morgan fingerprint density at radius 2 is 1.87 bits per heavy atom. The van der Waals surface area contributed by atoms with Crippen molar-refractivity contribution in [1.29, 1.82) is 0 Å². The quantitative estimate of drug-likeness (QED) is 0.620. The third-order valence-electron chi connectivity index (χ3n) is 1.65. The molecule has 3 nitrogen and oxygen atoms in total. The molecule has 1 aromatic rings. The minimum absolute atomic E-state index is 0.113. The summed E-state index contributed by atoms with van der Waals surface area (Å²) in [4.78, 5) is 0. The number of hydrogen-bond donors (Lipinski definition) is 0. The van der Waals surface area contributed by atoms with E-state index in [4.69, 9.17) is 15.4 Å². The summed E-state index contributed by atoms with van der Waals surface area (Å²) in [5, 5.41) is 0. The van der Waals surface area contributed by atoms with Crippen molar-refractivity contribution in [2.24, 2.45) is 0 Å². The second kappa shape index (κ2) is 5.84. The van der Waals surface area contributed by atoms with E-state index in [-0.39, 0.29) is 12.4 Å². The van der Waals surface area contributed by atoms with Gasteiger partial charge in [0.2, 0.25) is 9.05 Å². The summed E-state index contributed by atoms with van der Waals surface area (Å²) in [7, 11) is 1.58. The van der Waals surface area contributed by atoms with Gasteiger partial charge in [0.05, 0.1) is 19.0 Å². The molecular weight excluding hydrogens is 304 g/mol. The second-order valence-electron chi connectivity index (χ2n) is 2.92. The van der Waals surface area contributed by atoms with Crippen LogP contribution >= 0.6 is 26.6 Å². The molecule has 0 amide bonds. The average molecular weight is 314 g/mol. The van der Waals surface area contributed by atoms with Gasteiger partial charge in [0.1, 0.15) is 0 Å². The molecule has 1 aromatic carbocycles. The van der Waals surface area contributed by atoms with Gasteiger partial charge < -0.3 is 4.74 Å². The lowest BCUT2D eigenvalue weighted by atomic mass is 10.2. The average Bonchev–Trinajstić information content (AvgIpc) is 2.14. The molecule has 0 bridgehead atoms. The van der Waals surface area contributed by atoms with Crippen LogP contribution in [0.2, 0.25) is 0 Å². The Kier molecular flexibility index (Phi) is 5.05. The summed E-state index contributed by atoms with van der Waals surface area (Å²) in [6.07, 6.45) is 0. The monoisotopic (exact) mass is 312 g/mol. The molecule has 0 unspecified atom stereocenters. The number of benzene rings is 1. The fourth-order valence-corrected chi connectivity index (χ4v) is 1.70. The van der Waals surface area contributed by atoms with Crippen LogP contribution in [-0.4, -0.2) is 20.8 Å². The van der Waals surface area contributed by atoms with Crippen molar-refractivity contribution in [3.63, 3.8) is 0 Å². The van der Waals surface area contributed by atoms with E-state index >= 15 is 0 Å². The topological polar surface area (TPSA) is 43.4 Å². The summed E-state index contributed by atoms with van der Waals surface area (Å²) in [5.41, 5.74) is 0.991. The first-order chi connectivity index (χ1) is 6.97. The molecule has 0 aromatic heterocycles. The lowest BCUT2D eigenvalue weighted by molar-refractivity contribution is 0.135. The second-order valence-corrected chi connectivity index (χ2v) is 6.73. The van der Waals surface area contributed by atoms with Crippen molar-refractivity contribution < 1.29 is 13.2 Å². The van der Waals surface area contributed by atoms with E-state index in [1.807, 2.05) is 24.3 Å². The van der Waals surface area contributed by atoms with Gasteiger partial charge in [0.25, 0.3) is 0 Å². The molecule has 0 spiro atoms. The zero-order valence-electron chi connectivity index (χ0n) is 7.82. The Labute approximate surface area is 102 Å². The molecular formula is C9H10BrClO3S. The van der Waals surface area contributed by atoms with E-state index in [0.29, 0.717) is 6.61 Å². The first kappa shape index (κ1) is 13.0. The van der Waals surface area contributed by atoms with Gasteiger partial charge in [-0.05, 0) is 17.7 Å². The molecule has 0 aliphatic heterocycles. The van der Waals surface area contributed by atoms with E-state index in [9.17, 15) is 8.42 Å². The molecule has 0 fully saturated rings. The normalized spacial score (nSPS) is 11.6. The van der Waals surface area contributed by atoms with Gasteiger partial charge in [-0.25, -0.2) is 8.42 Å². The van der Waals surface area contributed by atoms with Crippen LogP contribution in [0.25, 0.3) is 0 Å². The first-order valence-corrected chi connectivity index (χ1v) is 7.49. The van der Waals surface area contributed by atoms with Gasteiger partial charge in [-0.3, -0.25) is 0 Å². The molecule has 0 aliphatic rings. The van der Waals surface area contributed by atoms with Crippen LogP contribution in [0.5, 0.6) is 0 Å². The molecule has 6 heteroatoms. The molecule has 0 atom stereocenters. The summed E-state index contributed by atoms with van der Waals surface area (Å²) < 4.78 is 27.3. The van der Waals surface area contributed by atoms with Gasteiger partial charge in [-0.15, -0.1) is 0 Å². The third-order valence-corrected chi connectivity index (χ3v) is 3.30. The Balaban J connectivity index is 2.29. The summed E-state index contributed by atoms with van der Waals surface area (Å²) in [6, 6.07) is 7.60. The van der Waals surface area contributed by atoms with Gasteiger partial charge >= 0.3 is 0 Å². The van der Waals surface area contributed by atoms with Crippen LogP contribution in [0.4, 0.5) is 0 Å². The standard InChI is InChI=1S/C9H10BrClO3S/c10-9-3-1-8(2-4-9)7-14-5-6-15(11,12)13/h1-4H,5-7H2. The summed E-state index contributed by atoms with van der Waals surface area (Å²) in [5.74, 6) is -0.162. The van der Waals surface area contributed by atoms with Crippen molar-refractivity contribution in [1.82, 2.24) is 0 Å². The van der Waals surface area contributed by atoms with Crippen molar-refractivity contribution in [3.05, 3.63) is 34.3 Å². The van der Waals surface area contributed by atoms with Gasteiger partial charge in [-0.2, -0.15) is 0 Å². The van der Waals surface area contributed by atoms with Crippen molar-refractivity contribution in [2.45, 2.75) is 6.61 Å². The zero-order chi connectivity index (χ0) is 11.3. The highest BCUT2D eigenvalue weighted by Crippen LogP contribution is 2.11. The first-order valence-electron chi connectivity index (χ1n) is 4.22. The highest BCUT2D eigenvalue weighted by atomic mass is 79.9. The van der Waals surface area contributed by atoms with Crippen LogP contribution in [0, 0.1) is 0 Å². The maximum Gasteiger partial charge on any atom is 0.234 e. The SMILES string of the molecule is O=S(=O)(Cl)CCOCc1ccc(Br)cc1. The number of hydrogen-bond acceptors (Lipinski definition) is 3. The molecule has 0 aliphatic carbocycles. The number of ether oxygens (including phenoxy) is 1. The molecule has 84 valence electrons. The molecule has 0 saturated carbocycles. The molecule has 0 heterocycles. The van der Waals surface area contributed by atoms with E-state index in [2.05, 4.69) is 15.9 Å². The van der Waals surface area contributed by atoms with E-state index in [0.717, 1.165) is 10.0 Å². The molecule has 1 rings (SSSR count). The fraction of sp³-hybridized carbons (Fsp3) is 0.333. The van der Waals surface area contributed by atoms with Crippen molar-refractivity contribution >= 4 is 35.7 Å². The number of halogens is 2. The predicted molar refractivity (Wildman–Crippen MR) is 63.4 cm³/mol.